The van der Waals surface area contributed by atoms with Gasteiger partial charge in [0.2, 0.25) is 0 Å². The first-order valence-corrected chi connectivity index (χ1v) is 13.6. The van der Waals surface area contributed by atoms with Crippen molar-refractivity contribution in [1.29, 1.82) is 0 Å². The zero-order chi connectivity index (χ0) is 29.1. The Morgan fingerprint density at radius 2 is 1.76 bits per heavy atom. The number of imidazole rings is 1. The Balaban J connectivity index is 1.32. The summed E-state index contributed by atoms with van der Waals surface area (Å²) < 4.78 is 10.7. The van der Waals surface area contributed by atoms with Crippen molar-refractivity contribution in [3.8, 4) is 11.5 Å². The quantitative estimate of drug-likeness (QED) is 0.345. The number of morpholine rings is 2. The molecular formula is C28H30N10O4. The van der Waals surface area contributed by atoms with E-state index in [4.69, 9.17) is 14.5 Å². The van der Waals surface area contributed by atoms with Crippen LogP contribution < -0.4 is 0 Å². The molecule has 2 saturated heterocycles. The number of aromatic nitrogens is 6. The van der Waals surface area contributed by atoms with Crippen LogP contribution in [0.2, 0.25) is 0 Å². The fourth-order valence-electron chi connectivity index (χ4n) is 4.91. The second-order valence-corrected chi connectivity index (χ2v) is 9.90. The fourth-order valence-corrected chi connectivity index (χ4v) is 4.91. The maximum Gasteiger partial charge on any atom is 0.344 e. The number of H-pyrrole nitrogens is 2. The summed E-state index contributed by atoms with van der Waals surface area (Å²) >= 11 is 0. The van der Waals surface area contributed by atoms with Crippen molar-refractivity contribution in [2.24, 2.45) is 9.98 Å². The average molecular weight is 571 g/mol. The number of hydrogen-bond donors (Lipinski definition) is 2. The van der Waals surface area contributed by atoms with E-state index in [9.17, 15) is 9.59 Å². The molecule has 0 aliphatic carbocycles. The molecule has 216 valence electrons. The van der Waals surface area contributed by atoms with Crippen LogP contribution in [0, 0.1) is 0 Å². The highest BCUT2D eigenvalue weighted by Crippen LogP contribution is 2.28. The highest BCUT2D eigenvalue weighted by molar-refractivity contribution is 6.38. The van der Waals surface area contributed by atoms with Crippen LogP contribution in [0.3, 0.4) is 0 Å². The van der Waals surface area contributed by atoms with Gasteiger partial charge in [-0.25, -0.2) is 14.8 Å². The van der Waals surface area contributed by atoms with E-state index in [0.717, 1.165) is 16.5 Å². The number of nitrogens with zero attached hydrogens (tertiary/aromatic N) is 8. The van der Waals surface area contributed by atoms with E-state index < -0.39 is 0 Å². The highest BCUT2D eigenvalue weighted by Gasteiger charge is 2.23. The first-order chi connectivity index (χ1) is 20.5. The number of ether oxygens (including phenoxy) is 2. The van der Waals surface area contributed by atoms with E-state index in [0.29, 0.717) is 92.1 Å². The van der Waals surface area contributed by atoms with Gasteiger partial charge in [0.1, 0.15) is 11.2 Å². The molecule has 4 aromatic heterocycles. The summed E-state index contributed by atoms with van der Waals surface area (Å²) in [6, 6.07) is 1.62. The van der Waals surface area contributed by atoms with Gasteiger partial charge in [0.05, 0.1) is 54.8 Å². The number of amides is 3. The molecule has 3 amide bonds. The number of aliphatic imine (C=N–C) groups is 2. The summed E-state index contributed by atoms with van der Waals surface area (Å²) in [5.41, 5.74) is 4.80. The molecule has 2 N–H and O–H groups in total. The zero-order valence-electron chi connectivity index (χ0n) is 23.3. The van der Waals surface area contributed by atoms with Gasteiger partial charge in [0.25, 0.3) is 5.91 Å². The summed E-state index contributed by atoms with van der Waals surface area (Å²) in [7, 11) is 1.63. The van der Waals surface area contributed by atoms with Crippen LogP contribution in [0.25, 0.3) is 39.2 Å². The first kappa shape index (κ1) is 27.4. The zero-order valence-corrected chi connectivity index (χ0v) is 23.3. The van der Waals surface area contributed by atoms with Crippen LogP contribution in [-0.4, -0.2) is 123 Å². The van der Waals surface area contributed by atoms with Crippen LogP contribution in [0.1, 0.15) is 22.8 Å². The van der Waals surface area contributed by atoms with Gasteiger partial charge in [-0.15, -0.1) is 0 Å². The second kappa shape index (κ2) is 12.0. The summed E-state index contributed by atoms with van der Waals surface area (Å²) in [5.74, 6) is 0.377. The van der Waals surface area contributed by atoms with Crippen molar-refractivity contribution in [2.75, 3.05) is 59.7 Å². The molecule has 0 radical (unpaired) electrons. The Bertz CT molecular complexity index is 1720. The van der Waals surface area contributed by atoms with Gasteiger partial charge in [-0.2, -0.15) is 10.1 Å². The van der Waals surface area contributed by atoms with E-state index >= 15 is 0 Å². The molecule has 0 spiro atoms. The lowest BCUT2D eigenvalue weighted by Crippen LogP contribution is -2.40. The predicted octanol–water partition coefficient (Wildman–Crippen LogP) is 2.37. The molecule has 14 nitrogen and oxygen atoms in total. The third kappa shape index (κ3) is 5.53. The lowest BCUT2D eigenvalue weighted by atomic mass is 10.1. The van der Waals surface area contributed by atoms with Crippen molar-refractivity contribution in [3.05, 3.63) is 41.9 Å². The Labute approximate surface area is 240 Å². The summed E-state index contributed by atoms with van der Waals surface area (Å²) in [6.07, 6.45) is 8.25. The maximum absolute atomic E-state index is 13.2. The summed E-state index contributed by atoms with van der Waals surface area (Å²) in [5, 5.41) is 8.12. The fraction of sp³-hybridized carbons (Fsp3) is 0.357. The molecule has 0 unspecified atom stereocenters. The Morgan fingerprint density at radius 1 is 1.02 bits per heavy atom. The Morgan fingerprint density at radius 3 is 2.50 bits per heavy atom. The minimum Gasteiger partial charge on any atom is -0.378 e. The normalized spacial score (nSPS) is 17.1. The lowest BCUT2D eigenvalue weighted by molar-refractivity contribution is 0.0304. The monoisotopic (exact) mass is 570 g/mol. The average Bonchev–Trinajstić information content (AvgIpc) is 3.65. The van der Waals surface area contributed by atoms with E-state index in [-0.39, 0.29) is 11.9 Å². The minimum absolute atomic E-state index is 0.131. The van der Waals surface area contributed by atoms with Crippen molar-refractivity contribution in [1.82, 2.24) is 39.9 Å². The van der Waals surface area contributed by atoms with Crippen LogP contribution >= 0.6 is 0 Å². The lowest BCUT2D eigenvalue weighted by Gasteiger charge is -2.26. The number of rotatable bonds is 5. The minimum atomic E-state index is -0.325. The highest BCUT2D eigenvalue weighted by atomic mass is 16.5. The number of nitrogens with one attached hydrogen (secondary N) is 2. The number of carbonyl (C=O) groups is 2. The Hall–Kier alpha value is -4.82. The molecule has 2 aliphatic heterocycles. The molecule has 14 heteroatoms. The molecule has 2 aliphatic rings. The first-order valence-electron chi connectivity index (χ1n) is 13.6. The van der Waals surface area contributed by atoms with Crippen LogP contribution in [0.15, 0.2) is 40.7 Å². The number of hydrogen-bond acceptors (Lipinski definition) is 9. The smallest absolute Gasteiger partial charge is 0.344 e. The molecule has 0 aromatic carbocycles. The van der Waals surface area contributed by atoms with Gasteiger partial charge < -0.3 is 24.3 Å². The summed E-state index contributed by atoms with van der Waals surface area (Å²) in [6.45, 7) is 5.99. The van der Waals surface area contributed by atoms with Crippen molar-refractivity contribution in [3.63, 3.8) is 0 Å². The number of pyridine rings is 2. The van der Waals surface area contributed by atoms with E-state index in [1.165, 1.54) is 0 Å². The van der Waals surface area contributed by atoms with Crippen molar-refractivity contribution in [2.45, 2.75) is 6.92 Å². The van der Waals surface area contributed by atoms with Crippen LogP contribution in [0.5, 0.6) is 0 Å². The molecule has 6 heterocycles. The largest absolute Gasteiger partial charge is 0.378 e. The van der Waals surface area contributed by atoms with Crippen molar-refractivity contribution >= 4 is 51.5 Å². The molecule has 0 saturated carbocycles. The van der Waals surface area contributed by atoms with Gasteiger partial charge in [0, 0.05) is 51.8 Å². The van der Waals surface area contributed by atoms with Gasteiger partial charge >= 0.3 is 6.03 Å². The molecule has 42 heavy (non-hydrogen) atoms. The second-order valence-electron chi connectivity index (χ2n) is 9.90. The van der Waals surface area contributed by atoms with Gasteiger partial charge in [-0.1, -0.05) is 0 Å². The van der Waals surface area contributed by atoms with E-state index in [2.05, 4.69) is 35.1 Å². The number of allylic oxidation sites excluding steroid dienone is 2. The topological polar surface area (TPSA) is 167 Å². The standard InChI is InChI=1S/C28H30N10O4/c1-17(11-19(14-29-2)32-28(40)38-5-9-42-10-6-38)18-12-20-24(35-36-25(20)31-13-18)26-33-22-16-30-15-21(23(22)34-26)27(39)37-3-7-41-8-4-37/h11-16H,3-10H2,1-2H3,(H,33,34)(H,31,35,36)/b17-11+,29-14?,32-19?. The molecule has 6 rings (SSSR count). The molecular weight excluding hydrogens is 540 g/mol. The number of carbonyl (C=O) groups excluding carboxylic acids is 2. The summed E-state index contributed by atoms with van der Waals surface area (Å²) in [4.78, 5) is 54.5. The Kier molecular flexibility index (Phi) is 7.79. The molecule has 0 atom stereocenters. The SMILES string of the molecule is CN=CC(/C=C(\C)c1cnc2n[nH]c(-c3nc4c(C(=O)N5CCOCC5)cncc4[nH]3)c2c1)=NC(=O)N1CCOCC1. The molecule has 0 bridgehead atoms. The number of fused-ring (bicyclic) bond motifs is 2. The number of urea groups is 1. The number of aromatic amines is 2. The van der Waals surface area contributed by atoms with Gasteiger partial charge in [-0.05, 0) is 30.2 Å². The predicted molar refractivity (Wildman–Crippen MR) is 157 cm³/mol. The molecule has 2 fully saturated rings. The van der Waals surface area contributed by atoms with E-state index in [1.54, 1.807) is 47.7 Å². The maximum atomic E-state index is 13.2. The third-order valence-electron chi connectivity index (χ3n) is 7.16. The molecule has 4 aromatic rings. The van der Waals surface area contributed by atoms with Crippen molar-refractivity contribution < 1.29 is 19.1 Å². The van der Waals surface area contributed by atoms with Crippen LogP contribution in [-0.2, 0) is 9.47 Å². The van der Waals surface area contributed by atoms with E-state index in [1.807, 2.05) is 13.0 Å². The van der Waals surface area contributed by atoms with Gasteiger partial charge in [-0.3, -0.25) is 19.9 Å². The van der Waals surface area contributed by atoms with Crippen LogP contribution in [0.4, 0.5) is 4.79 Å². The third-order valence-corrected chi connectivity index (χ3v) is 7.16. The van der Waals surface area contributed by atoms with Gasteiger partial charge in [0.15, 0.2) is 11.5 Å².